The summed E-state index contributed by atoms with van der Waals surface area (Å²) >= 11 is 0. The van der Waals surface area contributed by atoms with Crippen LogP contribution in [-0.4, -0.2) is 250 Å². The average molecular weight is 2090 g/mol. The molecule has 143 heavy (non-hydrogen) atoms. The molecule has 6 fully saturated rings. The molecule has 4 aromatic carbocycles. The van der Waals surface area contributed by atoms with E-state index in [9.17, 15) is 81.2 Å². The van der Waals surface area contributed by atoms with Gasteiger partial charge in [0, 0.05) is 50.3 Å². The molecule has 6 saturated heterocycles. The van der Waals surface area contributed by atoms with Gasteiger partial charge >= 0.3 is 44.8 Å². The van der Waals surface area contributed by atoms with E-state index >= 15 is 0 Å². The number of nitrogens with two attached hydrogens (primary N) is 5. The third kappa shape index (κ3) is 19.6. The Morgan fingerprint density at radius 3 is 1.08 bits per heavy atom. The number of ether oxygens (including phenoxy) is 7. The summed E-state index contributed by atoms with van der Waals surface area (Å²) < 4.78 is 181. The Balaban J connectivity index is 0.514. The summed E-state index contributed by atoms with van der Waals surface area (Å²) in [5.41, 5.74) is 24.7. The Bertz CT molecular complexity index is 8140. The average Bonchev–Trinajstić information content (AvgIpc) is 1.70. The van der Waals surface area contributed by atoms with Gasteiger partial charge < -0.3 is 91.4 Å². The van der Waals surface area contributed by atoms with Gasteiger partial charge in [-0.3, -0.25) is 122 Å². The van der Waals surface area contributed by atoms with Gasteiger partial charge in [-0.1, -0.05) is 54.6 Å². The molecular formula is C77H84N27O34P5. The number of nitrogens with one attached hydrogen (secondary N) is 5. The summed E-state index contributed by atoms with van der Waals surface area (Å²) in [6.45, 7) is -3.98. The molecule has 0 amide bonds. The second-order valence-corrected chi connectivity index (χ2v) is 41.1. The minimum absolute atomic E-state index is 0.00242. The molecule has 66 heteroatoms. The van der Waals surface area contributed by atoms with E-state index in [1.165, 1.54) is 44.0 Å². The van der Waals surface area contributed by atoms with E-state index in [4.69, 9.17) is 107 Å². The number of anilines is 5. The van der Waals surface area contributed by atoms with Crippen LogP contribution in [0.5, 0.6) is 0 Å². The Labute approximate surface area is 794 Å². The highest BCUT2D eigenvalue weighted by molar-refractivity contribution is 7.48. The van der Waals surface area contributed by atoms with Gasteiger partial charge in [0.15, 0.2) is 56.1 Å². The van der Waals surface area contributed by atoms with Crippen molar-refractivity contribution < 1.29 is 131 Å². The highest BCUT2D eigenvalue weighted by Crippen LogP contribution is 2.57. The molecule has 0 spiro atoms. The summed E-state index contributed by atoms with van der Waals surface area (Å²) in [5, 5.41) is 17.1. The third-order valence-corrected chi connectivity index (χ3v) is 29.9. The molecular weight excluding hydrogens is 2000 g/mol. The van der Waals surface area contributed by atoms with Crippen molar-refractivity contribution in [2.75, 3.05) is 68.3 Å². The first-order valence-corrected chi connectivity index (χ1v) is 51.0. The quantitative estimate of drug-likeness (QED) is 0.0199. The number of hydrogen-bond donors (Lipinski definition) is 16. The number of benzene rings is 4. The highest BCUT2D eigenvalue weighted by Gasteiger charge is 2.52. The van der Waals surface area contributed by atoms with Crippen LogP contribution in [0.4, 0.5) is 29.6 Å². The van der Waals surface area contributed by atoms with E-state index in [1.54, 1.807) is 0 Å². The molecule has 0 saturated carbocycles. The fourth-order valence-corrected chi connectivity index (χ4v) is 23.0. The lowest BCUT2D eigenvalue weighted by Crippen LogP contribution is -2.33. The predicted octanol–water partition coefficient (Wildman–Crippen LogP) is 1.84. The third-order valence-electron chi connectivity index (χ3n) is 24.8. The lowest BCUT2D eigenvalue weighted by molar-refractivity contribution is -0.0710. The van der Waals surface area contributed by atoms with E-state index in [0.29, 0.717) is 0 Å². The van der Waals surface area contributed by atoms with E-state index < -0.39 is 247 Å². The van der Waals surface area contributed by atoms with E-state index in [2.05, 4.69) is 79.7 Å². The van der Waals surface area contributed by atoms with E-state index in [-0.39, 0.29) is 112 Å². The first-order chi connectivity index (χ1) is 68.2. The van der Waals surface area contributed by atoms with Gasteiger partial charge in [-0.05, 0) is 44.8 Å². The van der Waals surface area contributed by atoms with Crippen molar-refractivity contribution in [2.45, 2.75) is 163 Å². The number of phosphoric acid groups is 5. The molecule has 17 heterocycles. The molecule has 6 aliphatic heterocycles. The van der Waals surface area contributed by atoms with Crippen LogP contribution in [0.15, 0.2) is 128 Å². The number of aromatic amines is 5. The Hall–Kier alpha value is -12.2. The molecule has 21 rings (SSSR count). The standard InChI is InChI=1S/C77H84N27O34P5/c1-31-17-99(77(111)98-68(31)106)50-12-38(44(129-50)19-122-18-35-8-7-34-6-5-32-3-2-4-33-9-10-36(35)56(34)55(32)33)134-140(114,115)124-22-46-40(14-52(131-46)102-28-87-59-65(102)91-74(80)95-70(59)108)137-142(118,119)126-24-48-42(16-54(133-48)104-30-89-61-67(104)93-76(82)97-72(61)110)138-143(120,121)127-23-47-41(15-53(132-47)103-29-88-60-66(103)92-75(81)96-71(60)109)136-141(116,117)125-21-45-39(13-51(130-45)100-26-85-57-62(78)83-25-84-63(57)100)135-139(112,113)123-20-43-37(105)11-49(128-43)101-27-86-58-64(101)90-73(79)94-69(58)107/h2-10,17,25-30,37-54,105H,11-16,18-24H2,1H3,(H,112,113)(H,114,115)(H,116,117)(H,118,119)(H,120,121)(H2,78,83,84)(H,98,106,111)(H3,79,90,94,107)(H3,80,91,95,108)(H3,81,92,96,109)(H3,82,93,97,110)/t37-,38-,39-,40-,41-,42-,43+,44+,45+,46+,47+,48+,49+,50+,51+,52+,53+,54+/m0/s1. The van der Waals surface area contributed by atoms with Crippen molar-refractivity contribution in [3.8, 4) is 0 Å². The number of rotatable bonds is 35. The van der Waals surface area contributed by atoms with Gasteiger partial charge in [-0.25, -0.2) is 62.5 Å². The van der Waals surface area contributed by atoms with Crippen LogP contribution in [0.1, 0.15) is 87.0 Å². The highest BCUT2D eigenvalue weighted by atomic mass is 31.2. The molecule has 6 aliphatic rings. The number of aliphatic hydroxyl groups excluding tert-OH is 1. The number of phosphoric ester groups is 5. The number of aliphatic hydroxyl groups is 1. The minimum Gasteiger partial charge on any atom is -0.390 e. The molecule has 0 aliphatic carbocycles. The van der Waals surface area contributed by atoms with E-state index in [0.717, 1.165) is 72.3 Å². The Morgan fingerprint density at radius 1 is 0.371 bits per heavy atom. The fraction of sp³-hybridized carbons (Fsp3) is 0.416. The topological polar surface area (TPSA) is 846 Å². The maximum Gasteiger partial charge on any atom is 0.472 e. The van der Waals surface area contributed by atoms with Crippen molar-refractivity contribution in [2.24, 2.45) is 0 Å². The summed E-state index contributed by atoms with van der Waals surface area (Å²) in [4.78, 5) is 194. The smallest absolute Gasteiger partial charge is 0.390 e. The first kappa shape index (κ1) is 96.9. The van der Waals surface area contributed by atoms with Crippen LogP contribution < -0.4 is 62.2 Å². The molecule has 5 unspecified atom stereocenters. The molecule has 61 nitrogen and oxygen atoms in total. The summed E-state index contributed by atoms with van der Waals surface area (Å²) in [7, 11) is -27.7. The lowest BCUT2D eigenvalue weighted by atomic mass is 9.92. The maximum absolute atomic E-state index is 14.8. The summed E-state index contributed by atoms with van der Waals surface area (Å²) in [6.07, 6.45) is -21.3. The van der Waals surface area contributed by atoms with Crippen molar-refractivity contribution in [3.63, 3.8) is 0 Å². The first-order valence-electron chi connectivity index (χ1n) is 43.5. The van der Waals surface area contributed by atoms with Crippen LogP contribution in [0.2, 0.25) is 0 Å². The van der Waals surface area contributed by atoms with Crippen LogP contribution >= 0.6 is 39.1 Å². The van der Waals surface area contributed by atoms with E-state index in [1.807, 2.05) is 54.6 Å². The normalized spacial score (nSPS) is 27.0. The van der Waals surface area contributed by atoms with Gasteiger partial charge in [0.25, 0.3) is 27.8 Å². The molecule has 0 radical (unpaired) electrons. The van der Waals surface area contributed by atoms with Crippen molar-refractivity contribution in [3.05, 3.63) is 172 Å². The SMILES string of the molecule is Cc1cn([C@H]2C[C@H](OP(=O)(O)OC[C@H]3O[C@@H](n4cnc5c(=O)[nH]c(N)nc54)C[C@@H]3OP(=O)(O)OC[C@H]3O[C@@H](n4cnc5c(=O)[nH]c(N)nc54)C[C@@H]3OP(=O)(O)OC[C@H]3O[C@@H](n4cnc5c(=O)[nH]c(N)nc54)C[C@@H]3OP(=O)(O)OC[C@H]3O[C@@H](n4cnc5c(N)ncnc54)C[C@@H]3OP(=O)(O)OC[C@H]3O[C@@H](n4cnc5c(=O)[nH]c(N)nc54)C[C@@H]3O)[C@@H](COCc3ccc4ccc5cccc6ccc3c4c56)O2)c(=O)[nH]c1=O. The Kier molecular flexibility index (Phi) is 25.6. The largest absolute Gasteiger partial charge is 0.472 e. The Morgan fingerprint density at radius 2 is 0.692 bits per heavy atom. The van der Waals surface area contributed by atoms with Crippen LogP contribution in [-0.2, 0) is 108 Å². The summed E-state index contributed by atoms with van der Waals surface area (Å²) in [6, 6.07) is 17.9. The zero-order valence-corrected chi connectivity index (χ0v) is 78.1. The van der Waals surface area contributed by atoms with Gasteiger partial charge in [0.2, 0.25) is 23.8 Å². The zero-order chi connectivity index (χ0) is 99.9. The zero-order valence-electron chi connectivity index (χ0n) is 73.7. The number of nitrogens with zero attached hydrogens (tertiary/aromatic N) is 17. The van der Waals surface area contributed by atoms with Crippen LogP contribution in [0, 0.1) is 6.92 Å². The van der Waals surface area contributed by atoms with Crippen molar-refractivity contribution in [1.29, 1.82) is 0 Å². The molecule has 23 atom stereocenters. The minimum atomic E-state index is -5.70. The van der Waals surface area contributed by atoms with Crippen LogP contribution in [0.3, 0.4) is 0 Å². The number of nitrogen functional groups attached to an aromatic ring is 5. The number of aryl methyl sites for hydroxylation is 1. The monoisotopic (exact) mass is 2090 g/mol. The molecule has 756 valence electrons. The molecule has 11 aromatic heterocycles. The van der Waals surface area contributed by atoms with Gasteiger partial charge in [0.1, 0.15) is 116 Å². The number of aromatic nitrogens is 22. The molecule has 21 N–H and O–H groups in total. The van der Waals surface area contributed by atoms with Crippen molar-refractivity contribution >= 4 is 157 Å². The number of H-pyrrole nitrogens is 5. The maximum atomic E-state index is 14.8. The van der Waals surface area contributed by atoms with Gasteiger partial charge in [-0.15, -0.1) is 0 Å². The predicted molar refractivity (Wildman–Crippen MR) is 486 cm³/mol. The molecule has 0 bridgehead atoms. The van der Waals surface area contributed by atoms with Crippen LogP contribution in [0.25, 0.3) is 88.1 Å². The lowest BCUT2D eigenvalue weighted by Gasteiger charge is -2.26. The summed E-state index contributed by atoms with van der Waals surface area (Å²) in [5.74, 6) is -1.46. The number of hydrogen-bond acceptors (Lipinski definition) is 45. The number of fused-ring (bicyclic) bond motifs is 5. The van der Waals surface area contributed by atoms with Gasteiger partial charge in [0.05, 0.1) is 84.0 Å². The fourth-order valence-electron chi connectivity index (χ4n) is 18.2. The number of imidazole rings is 5. The van der Waals surface area contributed by atoms with Crippen molar-refractivity contribution in [1.82, 2.24) is 107 Å². The second-order valence-electron chi connectivity index (χ2n) is 34.1. The second kappa shape index (κ2) is 37.7. The van der Waals surface area contributed by atoms with Gasteiger partial charge in [-0.2, -0.15) is 19.9 Å². The molecule has 15 aromatic rings.